The normalized spacial score (nSPS) is 19.2. The van der Waals surface area contributed by atoms with Crippen LogP contribution in [0.2, 0.25) is 0 Å². The molecule has 2 aromatic carbocycles. The van der Waals surface area contributed by atoms with Crippen molar-refractivity contribution in [3.05, 3.63) is 54.1 Å². The van der Waals surface area contributed by atoms with Gasteiger partial charge in [-0.05, 0) is 68.1 Å². The fourth-order valence-corrected chi connectivity index (χ4v) is 5.27. The van der Waals surface area contributed by atoms with Crippen LogP contribution in [0.3, 0.4) is 0 Å². The minimum Gasteiger partial charge on any atom is -0.497 e. The lowest BCUT2D eigenvalue weighted by Gasteiger charge is -2.31. The van der Waals surface area contributed by atoms with Crippen LogP contribution < -0.4 is 15.4 Å². The number of hydrogen-bond donors (Lipinski definition) is 2. The number of methoxy groups -OCH3 is 1. The third-order valence-electron chi connectivity index (χ3n) is 5.76. The highest BCUT2D eigenvalue weighted by Crippen LogP contribution is 2.26. The molecule has 9 heteroatoms. The lowest BCUT2D eigenvalue weighted by atomic mass is 9.98. The molecule has 2 fully saturated rings. The molecule has 2 aliphatic rings. The second kappa shape index (κ2) is 9.30. The van der Waals surface area contributed by atoms with Gasteiger partial charge in [-0.3, -0.25) is 9.59 Å². The van der Waals surface area contributed by atoms with E-state index in [0.717, 1.165) is 12.8 Å². The number of piperidine rings is 1. The number of rotatable bonds is 7. The van der Waals surface area contributed by atoms with Crippen LogP contribution in [0.1, 0.15) is 36.0 Å². The third-order valence-corrected chi connectivity index (χ3v) is 7.64. The van der Waals surface area contributed by atoms with Crippen LogP contribution in [-0.2, 0) is 14.8 Å². The van der Waals surface area contributed by atoms with E-state index in [0.29, 0.717) is 36.4 Å². The van der Waals surface area contributed by atoms with Crippen molar-refractivity contribution in [2.75, 3.05) is 25.5 Å². The van der Waals surface area contributed by atoms with Crippen LogP contribution in [0, 0.1) is 5.92 Å². The number of sulfonamides is 1. The van der Waals surface area contributed by atoms with Crippen molar-refractivity contribution in [1.29, 1.82) is 0 Å². The Kier molecular flexibility index (Phi) is 6.48. The molecule has 4 rings (SSSR count). The maximum Gasteiger partial charge on any atom is 0.251 e. The van der Waals surface area contributed by atoms with Gasteiger partial charge in [0.15, 0.2) is 0 Å². The Morgan fingerprint density at radius 1 is 1.06 bits per heavy atom. The van der Waals surface area contributed by atoms with Gasteiger partial charge >= 0.3 is 0 Å². The molecule has 1 aliphatic heterocycles. The largest absolute Gasteiger partial charge is 0.497 e. The maximum atomic E-state index is 13.0. The smallest absolute Gasteiger partial charge is 0.251 e. The molecule has 2 amide bonds. The van der Waals surface area contributed by atoms with Crippen LogP contribution in [0.15, 0.2) is 53.4 Å². The second-order valence-electron chi connectivity index (χ2n) is 8.20. The van der Waals surface area contributed by atoms with Crippen LogP contribution in [0.25, 0.3) is 0 Å². The molecule has 0 aromatic heterocycles. The van der Waals surface area contributed by atoms with Crippen molar-refractivity contribution in [3.63, 3.8) is 0 Å². The van der Waals surface area contributed by atoms with Gasteiger partial charge < -0.3 is 15.4 Å². The molecule has 170 valence electrons. The van der Waals surface area contributed by atoms with Gasteiger partial charge in [0.05, 0.1) is 17.9 Å². The predicted molar refractivity (Wildman–Crippen MR) is 120 cm³/mol. The first-order chi connectivity index (χ1) is 15.4. The summed E-state index contributed by atoms with van der Waals surface area (Å²) in [7, 11) is -2.18. The first-order valence-corrected chi connectivity index (χ1v) is 12.2. The molecule has 1 saturated heterocycles. The van der Waals surface area contributed by atoms with Crippen molar-refractivity contribution in [2.45, 2.75) is 36.6 Å². The fourth-order valence-electron chi connectivity index (χ4n) is 3.75. The van der Waals surface area contributed by atoms with Crippen molar-refractivity contribution in [2.24, 2.45) is 5.92 Å². The highest BCUT2D eigenvalue weighted by molar-refractivity contribution is 7.89. The highest BCUT2D eigenvalue weighted by Gasteiger charge is 2.33. The minimum atomic E-state index is -3.71. The van der Waals surface area contributed by atoms with E-state index in [-0.39, 0.29) is 29.3 Å². The summed E-state index contributed by atoms with van der Waals surface area (Å²) < 4.78 is 32.5. The lowest BCUT2D eigenvalue weighted by molar-refractivity contribution is -0.120. The molecule has 0 bridgehead atoms. The zero-order valence-electron chi connectivity index (χ0n) is 17.9. The number of benzene rings is 2. The van der Waals surface area contributed by atoms with Crippen molar-refractivity contribution in [3.8, 4) is 5.75 Å². The maximum absolute atomic E-state index is 13.0. The summed E-state index contributed by atoms with van der Waals surface area (Å²) in [6.45, 7) is 0.483. The summed E-state index contributed by atoms with van der Waals surface area (Å²) in [5, 5.41) is 5.77. The SMILES string of the molecule is COc1ccc(S(=O)(=O)N2CCCC(C(=O)Nc3cccc(C(=O)NC4CC4)c3)C2)cc1. The molecule has 0 radical (unpaired) electrons. The molecule has 2 aromatic rings. The Morgan fingerprint density at radius 3 is 2.50 bits per heavy atom. The summed E-state index contributed by atoms with van der Waals surface area (Å²) in [5.74, 6) is -0.300. The van der Waals surface area contributed by atoms with Gasteiger partial charge in [0, 0.05) is 30.4 Å². The Bertz CT molecular complexity index is 1100. The van der Waals surface area contributed by atoms with Crippen LogP contribution in [0.4, 0.5) is 5.69 Å². The first-order valence-electron chi connectivity index (χ1n) is 10.7. The van der Waals surface area contributed by atoms with Crippen LogP contribution in [-0.4, -0.2) is 50.8 Å². The summed E-state index contributed by atoms with van der Waals surface area (Å²) in [5.41, 5.74) is 1.01. The highest BCUT2D eigenvalue weighted by atomic mass is 32.2. The summed E-state index contributed by atoms with van der Waals surface area (Å²) in [6.07, 6.45) is 3.19. The average molecular weight is 458 g/mol. The van der Waals surface area contributed by atoms with Gasteiger partial charge in [0.25, 0.3) is 5.91 Å². The van der Waals surface area contributed by atoms with E-state index in [1.54, 1.807) is 36.4 Å². The summed E-state index contributed by atoms with van der Waals surface area (Å²) >= 11 is 0. The van der Waals surface area contributed by atoms with E-state index in [9.17, 15) is 18.0 Å². The zero-order chi connectivity index (χ0) is 22.7. The molecule has 1 atom stereocenters. The standard InChI is InChI=1S/C23H27N3O5S/c1-31-20-9-11-21(12-10-20)32(29,30)26-13-3-5-17(15-26)23(28)25-19-6-2-4-16(14-19)22(27)24-18-7-8-18/h2,4,6,9-12,14,17-18H,3,5,7-8,13,15H2,1H3,(H,24,27)(H,25,28). The molecule has 8 nitrogen and oxygen atoms in total. The van der Waals surface area contributed by atoms with Crippen molar-refractivity contribution < 1.29 is 22.7 Å². The molecular weight excluding hydrogens is 430 g/mol. The van der Waals surface area contributed by atoms with Crippen molar-refractivity contribution in [1.82, 2.24) is 9.62 Å². The van der Waals surface area contributed by atoms with Gasteiger partial charge in [-0.2, -0.15) is 4.31 Å². The van der Waals surface area contributed by atoms with Gasteiger partial charge in [-0.15, -0.1) is 0 Å². The number of amides is 2. The Balaban J connectivity index is 1.41. The van der Waals surface area contributed by atoms with Crippen molar-refractivity contribution >= 4 is 27.5 Å². The first kappa shape index (κ1) is 22.3. The molecule has 1 aliphatic carbocycles. The zero-order valence-corrected chi connectivity index (χ0v) is 18.7. The molecule has 1 saturated carbocycles. The number of carbonyl (C=O) groups excluding carboxylic acids is 2. The number of nitrogens with zero attached hydrogens (tertiary/aromatic N) is 1. The summed E-state index contributed by atoms with van der Waals surface area (Å²) in [6, 6.07) is 13.3. The monoisotopic (exact) mass is 457 g/mol. The second-order valence-corrected chi connectivity index (χ2v) is 10.1. The van der Waals surface area contributed by atoms with Gasteiger partial charge in [0.2, 0.25) is 15.9 Å². The Morgan fingerprint density at radius 2 is 1.81 bits per heavy atom. The number of ether oxygens (including phenoxy) is 1. The van der Waals surface area contributed by atoms with E-state index < -0.39 is 15.9 Å². The third kappa shape index (κ3) is 5.11. The van der Waals surface area contributed by atoms with E-state index in [4.69, 9.17) is 4.74 Å². The topological polar surface area (TPSA) is 105 Å². The number of hydrogen-bond acceptors (Lipinski definition) is 5. The number of carbonyl (C=O) groups is 2. The van der Waals surface area contributed by atoms with Gasteiger partial charge in [-0.1, -0.05) is 6.07 Å². The van der Waals surface area contributed by atoms with Crippen LogP contribution >= 0.6 is 0 Å². The summed E-state index contributed by atoms with van der Waals surface area (Å²) in [4.78, 5) is 25.3. The molecule has 32 heavy (non-hydrogen) atoms. The average Bonchev–Trinajstić information content (AvgIpc) is 3.63. The van der Waals surface area contributed by atoms with Gasteiger partial charge in [-0.25, -0.2) is 8.42 Å². The number of nitrogens with one attached hydrogen (secondary N) is 2. The molecule has 0 spiro atoms. The Labute approximate surface area is 188 Å². The fraction of sp³-hybridized carbons (Fsp3) is 0.391. The van der Waals surface area contributed by atoms with Gasteiger partial charge in [0.1, 0.15) is 5.75 Å². The van der Waals surface area contributed by atoms with E-state index in [1.807, 2.05) is 0 Å². The predicted octanol–water partition coefficient (Wildman–Crippen LogP) is 2.63. The molecular formula is C23H27N3O5S. The molecule has 2 N–H and O–H groups in total. The van der Waals surface area contributed by atoms with E-state index >= 15 is 0 Å². The minimum absolute atomic E-state index is 0.113. The quantitative estimate of drug-likeness (QED) is 0.665. The lowest BCUT2D eigenvalue weighted by Crippen LogP contribution is -2.43. The van der Waals surface area contributed by atoms with E-state index in [1.165, 1.54) is 23.5 Å². The molecule has 1 heterocycles. The van der Waals surface area contributed by atoms with Crippen LogP contribution in [0.5, 0.6) is 5.75 Å². The molecule has 1 unspecified atom stereocenters. The van der Waals surface area contributed by atoms with E-state index in [2.05, 4.69) is 10.6 Å². The Hall–Kier alpha value is -2.91. The number of anilines is 1.